The van der Waals surface area contributed by atoms with Gasteiger partial charge in [-0.2, -0.15) is 0 Å². The number of aromatic nitrogens is 1. The summed E-state index contributed by atoms with van der Waals surface area (Å²) < 4.78 is 18.6. The lowest BCUT2D eigenvalue weighted by atomic mass is 9.79. The quantitative estimate of drug-likeness (QED) is 0.529. The summed E-state index contributed by atoms with van der Waals surface area (Å²) in [5, 5.41) is 0. The third-order valence-electron chi connectivity index (χ3n) is 5.86. The minimum absolute atomic E-state index is 0.231. The van der Waals surface area contributed by atoms with Crippen LogP contribution in [0.15, 0.2) is 71.3 Å². The van der Waals surface area contributed by atoms with E-state index >= 15 is 0 Å². The molecule has 0 saturated heterocycles. The summed E-state index contributed by atoms with van der Waals surface area (Å²) in [5.74, 6) is -0.980. The highest BCUT2D eigenvalue weighted by Crippen LogP contribution is 2.45. The molecule has 3 rings (SSSR count). The second-order valence-electron chi connectivity index (χ2n) is 7.69. The summed E-state index contributed by atoms with van der Waals surface area (Å²) in [6.07, 6.45) is 3.97. The first-order chi connectivity index (χ1) is 15.9. The molecule has 1 aliphatic heterocycles. The average molecular weight is 453 g/mol. The molecule has 0 N–H and O–H groups in total. The van der Waals surface area contributed by atoms with Crippen LogP contribution in [0.2, 0.25) is 0 Å². The normalized spacial score (nSPS) is 14.5. The number of para-hydroxylation sites is 1. The molecular formula is C26H32N2O5. The van der Waals surface area contributed by atoms with Crippen LogP contribution in [0.3, 0.4) is 0 Å². The standard InChI is InChI=1S/C26H32N2O5/c1-6-32-25(29)22-18(3)28(17-16-27-14-10-11-15-27)19(4)23(26(30)33-7-2)24(22)20-12-8-9-13-21(20)31-5/h8-15,24H,6-7,16-17H2,1-5H3. The number of allylic oxidation sites excluding steroid dienone is 2. The molecule has 0 aliphatic carbocycles. The third kappa shape index (κ3) is 4.97. The van der Waals surface area contributed by atoms with Gasteiger partial charge in [-0.3, -0.25) is 0 Å². The first-order valence-corrected chi connectivity index (χ1v) is 11.2. The minimum Gasteiger partial charge on any atom is -0.496 e. The van der Waals surface area contributed by atoms with Crippen LogP contribution in [0.5, 0.6) is 5.75 Å². The maximum absolute atomic E-state index is 13.3. The molecule has 7 heteroatoms. The van der Waals surface area contributed by atoms with Gasteiger partial charge in [0, 0.05) is 42.4 Å². The molecule has 7 nitrogen and oxygen atoms in total. The largest absolute Gasteiger partial charge is 0.496 e. The van der Waals surface area contributed by atoms with E-state index in [-0.39, 0.29) is 13.2 Å². The van der Waals surface area contributed by atoms with Crippen molar-refractivity contribution in [3.8, 4) is 5.75 Å². The van der Waals surface area contributed by atoms with Crippen molar-refractivity contribution in [2.75, 3.05) is 26.9 Å². The summed E-state index contributed by atoms with van der Waals surface area (Å²) in [5.41, 5.74) is 3.06. The van der Waals surface area contributed by atoms with Crippen molar-refractivity contribution in [3.63, 3.8) is 0 Å². The van der Waals surface area contributed by atoms with E-state index in [0.717, 1.165) is 17.0 Å². The van der Waals surface area contributed by atoms with Gasteiger partial charge in [0.25, 0.3) is 0 Å². The van der Waals surface area contributed by atoms with Crippen LogP contribution in [0.1, 0.15) is 39.2 Å². The minimum atomic E-state index is -0.665. The van der Waals surface area contributed by atoms with Crippen LogP contribution in [-0.2, 0) is 25.6 Å². The molecule has 33 heavy (non-hydrogen) atoms. The average Bonchev–Trinajstić information content (AvgIpc) is 3.32. The van der Waals surface area contributed by atoms with Crippen molar-refractivity contribution in [2.24, 2.45) is 0 Å². The molecule has 0 radical (unpaired) electrons. The molecule has 0 bridgehead atoms. The molecule has 1 aliphatic rings. The van der Waals surface area contributed by atoms with E-state index in [1.54, 1.807) is 21.0 Å². The number of hydrogen-bond acceptors (Lipinski definition) is 6. The first kappa shape index (κ1) is 24.2. The SMILES string of the molecule is CCOC(=O)C1=C(C)N(CCn2cccc2)C(C)=C(C(=O)OCC)C1c1ccccc1OC. The summed E-state index contributed by atoms with van der Waals surface area (Å²) >= 11 is 0. The van der Waals surface area contributed by atoms with Crippen LogP contribution >= 0.6 is 0 Å². The number of ether oxygens (including phenoxy) is 3. The predicted molar refractivity (Wildman–Crippen MR) is 126 cm³/mol. The molecular weight excluding hydrogens is 420 g/mol. The number of hydrogen-bond donors (Lipinski definition) is 0. The molecule has 0 spiro atoms. The van der Waals surface area contributed by atoms with E-state index in [4.69, 9.17) is 14.2 Å². The Morgan fingerprint density at radius 3 is 1.91 bits per heavy atom. The smallest absolute Gasteiger partial charge is 0.336 e. The summed E-state index contributed by atoms with van der Waals surface area (Å²) in [4.78, 5) is 28.6. The van der Waals surface area contributed by atoms with Crippen molar-refractivity contribution in [1.82, 2.24) is 9.47 Å². The Balaban J connectivity index is 2.20. The maximum atomic E-state index is 13.3. The number of benzene rings is 1. The van der Waals surface area contributed by atoms with Gasteiger partial charge in [-0.1, -0.05) is 18.2 Å². The second kappa shape index (κ2) is 10.9. The van der Waals surface area contributed by atoms with Gasteiger partial charge in [0.2, 0.25) is 0 Å². The monoisotopic (exact) mass is 452 g/mol. The predicted octanol–water partition coefficient (Wildman–Crippen LogP) is 4.27. The highest BCUT2D eigenvalue weighted by molar-refractivity contribution is 6.00. The Kier molecular flexibility index (Phi) is 7.98. The second-order valence-corrected chi connectivity index (χ2v) is 7.69. The zero-order valence-corrected chi connectivity index (χ0v) is 20.0. The van der Waals surface area contributed by atoms with E-state index in [2.05, 4.69) is 4.57 Å². The van der Waals surface area contributed by atoms with Crippen LogP contribution in [-0.4, -0.2) is 48.3 Å². The molecule has 0 fully saturated rings. The number of carbonyl (C=O) groups is 2. The lowest BCUT2D eigenvalue weighted by Crippen LogP contribution is -2.37. The molecule has 176 valence electrons. The van der Waals surface area contributed by atoms with Gasteiger partial charge >= 0.3 is 11.9 Å². The van der Waals surface area contributed by atoms with E-state index < -0.39 is 17.9 Å². The molecule has 0 amide bonds. The fourth-order valence-corrected chi connectivity index (χ4v) is 4.34. The molecule has 0 unspecified atom stereocenters. The zero-order chi connectivity index (χ0) is 24.0. The fourth-order valence-electron chi connectivity index (χ4n) is 4.34. The van der Waals surface area contributed by atoms with Crippen molar-refractivity contribution in [3.05, 3.63) is 76.9 Å². The maximum Gasteiger partial charge on any atom is 0.336 e. The number of carbonyl (C=O) groups excluding carboxylic acids is 2. The number of methoxy groups -OCH3 is 1. The molecule has 2 heterocycles. The van der Waals surface area contributed by atoms with E-state index in [9.17, 15) is 9.59 Å². The van der Waals surface area contributed by atoms with Crippen LogP contribution < -0.4 is 4.74 Å². The summed E-state index contributed by atoms with van der Waals surface area (Å²) in [6, 6.07) is 11.4. The van der Waals surface area contributed by atoms with Crippen molar-refractivity contribution in [1.29, 1.82) is 0 Å². The van der Waals surface area contributed by atoms with Crippen LogP contribution in [0, 0.1) is 0 Å². The topological polar surface area (TPSA) is 70.0 Å². The van der Waals surface area contributed by atoms with E-state index in [1.807, 2.05) is 67.5 Å². The first-order valence-electron chi connectivity index (χ1n) is 11.2. The lowest BCUT2D eigenvalue weighted by Gasteiger charge is -2.38. The van der Waals surface area contributed by atoms with E-state index in [1.165, 1.54) is 0 Å². The van der Waals surface area contributed by atoms with E-state index in [0.29, 0.717) is 30.0 Å². The molecule has 1 aromatic carbocycles. The molecule has 2 aromatic rings. The van der Waals surface area contributed by atoms with Gasteiger partial charge in [-0.25, -0.2) is 9.59 Å². The summed E-state index contributed by atoms with van der Waals surface area (Å²) in [7, 11) is 1.58. The van der Waals surface area contributed by atoms with Crippen LogP contribution in [0.25, 0.3) is 0 Å². The number of nitrogens with zero attached hydrogens (tertiary/aromatic N) is 2. The van der Waals surface area contributed by atoms with Gasteiger partial charge in [0.15, 0.2) is 0 Å². The Morgan fingerprint density at radius 2 is 1.39 bits per heavy atom. The third-order valence-corrected chi connectivity index (χ3v) is 5.86. The lowest BCUT2D eigenvalue weighted by molar-refractivity contribution is -0.139. The van der Waals surface area contributed by atoms with Gasteiger partial charge in [0.05, 0.1) is 37.4 Å². The van der Waals surface area contributed by atoms with Gasteiger partial charge < -0.3 is 23.7 Å². The van der Waals surface area contributed by atoms with Crippen LogP contribution in [0.4, 0.5) is 0 Å². The zero-order valence-electron chi connectivity index (χ0n) is 20.0. The van der Waals surface area contributed by atoms with Crippen molar-refractivity contribution in [2.45, 2.75) is 40.2 Å². The van der Waals surface area contributed by atoms with Crippen molar-refractivity contribution >= 4 is 11.9 Å². The Labute approximate surface area is 195 Å². The highest BCUT2D eigenvalue weighted by Gasteiger charge is 2.41. The Bertz CT molecular complexity index is 1010. The Morgan fingerprint density at radius 1 is 0.848 bits per heavy atom. The number of esters is 2. The summed E-state index contributed by atoms with van der Waals surface area (Å²) in [6.45, 7) is 9.07. The van der Waals surface area contributed by atoms with Crippen molar-refractivity contribution < 1.29 is 23.8 Å². The molecule has 1 aromatic heterocycles. The Hall–Kier alpha value is -3.48. The van der Waals surface area contributed by atoms with Gasteiger partial charge in [-0.15, -0.1) is 0 Å². The number of rotatable bonds is 9. The van der Waals surface area contributed by atoms with Gasteiger partial charge in [-0.05, 0) is 45.9 Å². The van der Waals surface area contributed by atoms with Gasteiger partial charge in [0.1, 0.15) is 5.75 Å². The highest BCUT2D eigenvalue weighted by atomic mass is 16.5. The molecule has 0 atom stereocenters. The fraction of sp³-hybridized carbons (Fsp3) is 0.385. The molecule has 0 saturated carbocycles.